The molecule has 0 aliphatic carbocycles. The van der Waals surface area contributed by atoms with Crippen LogP contribution in [-0.2, 0) is 25.6 Å². The third kappa shape index (κ3) is 8.29. The van der Waals surface area contributed by atoms with Gasteiger partial charge in [-0.25, -0.2) is 0 Å². The lowest BCUT2D eigenvalue weighted by atomic mass is 10.2. The van der Waals surface area contributed by atoms with Crippen LogP contribution in [0.3, 0.4) is 0 Å². The fourth-order valence-corrected chi connectivity index (χ4v) is 1.98. The molecule has 1 rings (SSSR count). The highest BCUT2D eigenvalue weighted by atomic mass is 16.7. The fraction of sp³-hybridized carbons (Fsp3) is 0.556. The van der Waals surface area contributed by atoms with E-state index < -0.39 is 0 Å². The van der Waals surface area contributed by atoms with Crippen molar-refractivity contribution in [2.75, 3.05) is 26.4 Å². The molecule has 0 bridgehead atoms. The van der Waals surface area contributed by atoms with Crippen LogP contribution in [0.4, 0.5) is 0 Å². The topological polar surface area (TPSA) is 36.9 Å². The molecule has 0 aliphatic rings. The van der Waals surface area contributed by atoms with Crippen LogP contribution in [0.5, 0.6) is 0 Å². The first kappa shape index (κ1) is 18.8. The monoisotopic (exact) mass is 308 g/mol. The quantitative estimate of drug-likeness (QED) is 0.412. The Morgan fingerprint density at radius 2 is 1.68 bits per heavy atom. The molecule has 0 N–H and O–H groups in total. The lowest BCUT2D eigenvalue weighted by Gasteiger charge is -2.21. The zero-order valence-electron chi connectivity index (χ0n) is 13.7. The fourth-order valence-electron chi connectivity index (χ4n) is 1.98. The lowest BCUT2D eigenvalue weighted by Crippen LogP contribution is -2.29. The first-order valence-corrected chi connectivity index (χ1v) is 7.87. The Kier molecular flexibility index (Phi) is 10.6. The molecule has 0 aliphatic heterocycles. The van der Waals surface area contributed by atoms with Crippen LogP contribution in [0.2, 0.25) is 0 Å². The average Bonchev–Trinajstić information content (AvgIpc) is 2.54. The average molecular weight is 308 g/mol. The van der Waals surface area contributed by atoms with Gasteiger partial charge in [0.2, 0.25) is 0 Å². The molecule has 4 heteroatoms. The summed E-state index contributed by atoms with van der Waals surface area (Å²) in [5, 5.41) is 0. The molecule has 0 unspecified atom stereocenters. The van der Waals surface area contributed by atoms with Crippen molar-refractivity contribution in [1.29, 1.82) is 0 Å². The summed E-state index contributed by atoms with van der Waals surface area (Å²) in [5.74, 6) is 0. The Morgan fingerprint density at radius 1 is 1.00 bits per heavy atom. The molecule has 4 nitrogen and oxygen atoms in total. The third-order valence-electron chi connectivity index (χ3n) is 3.02. The maximum atomic E-state index is 5.84. The van der Waals surface area contributed by atoms with E-state index in [1.807, 2.05) is 50.3 Å². The van der Waals surface area contributed by atoms with Gasteiger partial charge in [-0.05, 0) is 25.8 Å². The van der Waals surface area contributed by atoms with Gasteiger partial charge in [-0.15, -0.1) is 6.58 Å². The Morgan fingerprint density at radius 3 is 2.27 bits per heavy atom. The SMILES string of the molecule is C=CC[C@@H](COCc1ccccc1)OCC(OCC)OCC. The van der Waals surface area contributed by atoms with Crippen LogP contribution in [0.15, 0.2) is 43.0 Å². The van der Waals surface area contributed by atoms with Crippen molar-refractivity contribution in [3.05, 3.63) is 48.6 Å². The summed E-state index contributed by atoms with van der Waals surface area (Å²) in [6, 6.07) is 10.1. The zero-order chi connectivity index (χ0) is 16.0. The maximum absolute atomic E-state index is 5.84. The maximum Gasteiger partial charge on any atom is 0.180 e. The van der Waals surface area contributed by atoms with E-state index in [4.69, 9.17) is 18.9 Å². The standard InChI is InChI=1S/C18H28O4/c1-4-10-17(22-15-18(20-5-2)21-6-3)14-19-13-16-11-8-7-9-12-16/h4,7-9,11-12,17-18H,1,5-6,10,13-15H2,2-3H3/t17-/m0/s1. The van der Waals surface area contributed by atoms with Gasteiger partial charge in [-0.1, -0.05) is 36.4 Å². The summed E-state index contributed by atoms with van der Waals surface area (Å²) >= 11 is 0. The molecule has 1 aromatic rings. The molecule has 0 spiro atoms. The predicted molar refractivity (Wildman–Crippen MR) is 87.7 cm³/mol. The molecule has 1 aromatic carbocycles. The molecule has 0 fully saturated rings. The van der Waals surface area contributed by atoms with Gasteiger partial charge in [0, 0.05) is 13.2 Å². The van der Waals surface area contributed by atoms with E-state index in [9.17, 15) is 0 Å². The first-order valence-electron chi connectivity index (χ1n) is 7.87. The van der Waals surface area contributed by atoms with Crippen molar-refractivity contribution >= 4 is 0 Å². The largest absolute Gasteiger partial charge is 0.374 e. The second-order valence-electron chi connectivity index (χ2n) is 4.82. The molecule has 0 saturated carbocycles. The van der Waals surface area contributed by atoms with Crippen molar-refractivity contribution < 1.29 is 18.9 Å². The van der Waals surface area contributed by atoms with E-state index in [1.54, 1.807) is 0 Å². The second-order valence-corrected chi connectivity index (χ2v) is 4.82. The van der Waals surface area contributed by atoms with E-state index in [0.29, 0.717) is 33.0 Å². The van der Waals surface area contributed by atoms with Crippen molar-refractivity contribution in [3.8, 4) is 0 Å². The van der Waals surface area contributed by atoms with Crippen molar-refractivity contribution in [1.82, 2.24) is 0 Å². The van der Waals surface area contributed by atoms with Crippen molar-refractivity contribution in [2.45, 2.75) is 39.3 Å². The Hall–Kier alpha value is -1.20. The first-order chi connectivity index (χ1) is 10.8. The number of hydrogen-bond acceptors (Lipinski definition) is 4. The minimum atomic E-state index is -0.323. The van der Waals surface area contributed by atoms with Gasteiger partial charge in [-0.3, -0.25) is 0 Å². The highest BCUT2D eigenvalue weighted by Gasteiger charge is 2.13. The molecule has 0 saturated heterocycles. The molecule has 0 amide bonds. The summed E-state index contributed by atoms with van der Waals surface area (Å²) in [7, 11) is 0. The van der Waals surface area contributed by atoms with Gasteiger partial charge in [-0.2, -0.15) is 0 Å². The molecule has 0 radical (unpaired) electrons. The van der Waals surface area contributed by atoms with E-state index in [0.717, 1.165) is 12.0 Å². The predicted octanol–water partition coefficient (Wildman–Crippen LogP) is 3.56. The van der Waals surface area contributed by atoms with Crippen molar-refractivity contribution in [3.63, 3.8) is 0 Å². The van der Waals surface area contributed by atoms with Crippen LogP contribution >= 0.6 is 0 Å². The van der Waals surface area contributed by atoms with Crippen LogP contribution in [0, 0.1) is 0 Å². The Balaban J connectivity index is 2.32. The van der Waals surface area contributed by atoms with Gasteiger partial charge in [0.05, 0.1) is 25.9 Å². The number of benzene rings is 1. The molecule has 124 valence electrons. The van der Waals surface area contributed by atoms with Crippen molar-refractivity contribution in [2.24, 2.45) is 0 Å². The second kappa shape index (κ2) is 12.4. The van der Waals surface area contributed by atoms with Crippen LogP contribution < -0.4 is 0 Å². The van der Waals surface area contributed by atoms with E-state index in [1.165, 1.54) is 0 Å². The summed E-state index contributed by atoms with van der Waals surface area (Å²) in [6.45, 7) is 10.4. The van der Waals surface area contributed by atoms with Crippen LogP contribution in [0.1, 0.15) is 25.8 Å². The van der Waals surface area contributed by atoms with E-state index >= 15 is 0 Å². The smallest absolute Gasteiger partial charge is 0.180 e. The molecule has 0 aromatic heterocycles. The summed E-state index contributed by atoms with van der Waals surface area (Å²) in [5.41, 5.74) is 1.15. The van der Waals surface area contributed by atoms with E-state index in [2.05, 4.69) is 6.58 Å². The molecule has 22 heavy (non-hydrogen) atoms. The highest BCUT2D eigenvalue weighted by molar-refractivity contribution is 5.13. The summed E-state index contributed by atoms with van der Waals surface area (Å²) in [4.78, 5) is 0. The molecular weight excluding hydrogens is 280 g/mol. The van der Waals surface area contributed by atoms with Gasteiger partial charge < -0.3 is 18.9 Å². The molecule has 0 heterocycles. The van der Waals surface area contributed by atoms with Gasteiger partial charge in [0.1, 0.15) is 0 Å². The third-order valence-corrected chi connectivity index (χ3v) is 3.02. The lowest BCUT2D eigenvalue weighted by molar-refractivity contribution is -0.180. The number of hydrogen-bond donors (Lipinski definition) is 0. The number of rotatable bonds is 13. The highest BCUT2D eigenvalue weighted by Crippen LogP contribution is 2.07. The summed E-state index contributed by atoms with van der Waals surface area (Å²) in [6.07, 6.45) is 2.22. The van der Waals surface area contributed by atoms with Gasteiger partial charge >= 0.3 is 0 Å². The zero-order valence-corrected chi connectivity index (χ0v) is 13.7. The minimum absolute atomic E-state index is 0.0374. The van der Waals surface area contributed by atoms with Crippen LogP contribution in [0.25, 0.3) is 0 Å². The number of ether oxygens (including phenoxy) is 4. The molecule has 1 atom stereocenters. The normalized spacial score (nSPS) is 12.5. The van der Waals surface area contributed by atoms with Gasteiger partial charge in [0.15, 0.2) is 6.29 Å². The minimum Gasteiger partial charge on any atom is -0.374 e. The summed E-state index contributed by atoms with van der Waals surface area (Å²) < 4.78 is 22.5. The van der Waals surface area contributed by atoms with E-state index in [-0.39, 0.29) is 12.4 Å². The van der Waals surface area contributed by atoms with Crippen LogP contribution in [-0.4, -0.2) is 38.8 Å². The van der Waals surface area contributed by atoms with Gasteiger partial charge in [0.25, 0.3) is 0 Å². The Labute approximate surface area is 134 Å². The Bertz CT molecular complexity index is 374. The molecular formula is C18H28O4.